The Labute approximate surface area is 157 Å². The minimum absolute atomic E-state index is 0.0280. The standard InChI is InChI=1S/C22H32N2O2/c1-14(2)13-18-7-9-19(10-8-18)22(15(3)4)23-21(25)12-11-20-16(5)24-26-17(20)6/h7-10,14-15,22H,11-13H2,1-6H3,(H,23,25). The quantitative estimate of drug-likeness (QED) is 0.729. The Kier molecular flexibility index (Phi) is 7.01. The molecule has 1 aromatic heterocycles. The molecule has 142 valence electrons. The zero-order chi connectivity index (χ0) is 19.3. The number of hydrogen-bond donors (Lipinski definition) is 1. The van der Waals surface area contributed by atoms with E-state index in [1.54, 1.807) is 0 Å². The second-order valence-electron chi connectivity index (χ2n) is 7.93. The highest BCUT2D eigenvalue weighted by Gasteiger charge is 2.19. The molecule has 0 spiro atoms. The van der Waals surface area contributed by atoms with E-state index in [4.69, 9.17) is 4.52 Å². The molecular weight excluding hydrogens is 324 g/mol. The number of hydrogen-bond acceptors (Lipinski definition) is 3. The van der Waals surface area contributed by atoms with Crippen LogP contribution in [0.2, 0.25) is 0 Å². The molecule has 0 aliphatic carbocycles. The maximum atomic E-state index is 12.5. The van der Waals surface area contributed by atoms with Crippen LogP contribution >= 0.6 is 0 Å². The molecule has 1 N–H and O–H groups in total. The Morgan fingerprint density at radius 3 is 2.27 bits per heavy atom. The molecule has 0 fully saturated rings. The number of aryl methyl sites for hydroxylation is 2. The van der Waals surface area contributed by atoms with Gasteiger partial charge in [0.15, 0.2) is 0 Å². The summed E-state index contributed by atoms with van der Waals surface area (Å²) in [5.74, 6) is 1.84. The first kappa shape index (κ1) is 20.2. The summed E-state index contributed by atoms with van der Waals surface area (Å²) in [5, 5.41) is 7.16. The van der Waals surface area contributed by atoms with Crippen molar-refractivity contribution >= 4 is 5.91 Å². The Morgan fingerprint density at radius 2 is 1.77 bits per heavy atom. The van der Waals surface area contributed by atoms with E-state index in [1.807, 2.05) is 13.8 Å². The highest BCUT2D eigenvalue weighted by Crippen LogP contribution is 2.23. The lowest BCUT2D eigenvalue weighted by molar-refractivity contribution is -0.122. The van der Waals surface area contributed by atoms with Gasteiger partial charge in [0.25, 0.3) is 0 Å². The number of benzene rings is 1. The van der Waals surface area contributed by atoms with Gasteiger partial charge in [-0.1, -0.05) is 57.1 Å². The first-order chi connectivity index (χ1) is 12.3. The van der Waals surface area contributed by atoms with Crippen molar-refractivity contribution in [2.24, 2.45) is 11.8 Å². The first-order valence-corrected chi connectivity index (χ1v) is 9.57. The van der Waals surface area contributed by atoms with Gasteiger partial charge in [0.1, 0.15) is 5.76 Å². The monoisotopic (exact) mass is 356 g/mol. The Balaban J connectivity index is 2.00. The number of carbonyl (C=O) groups is 1. The van der Waals surface area contributed by atoms with E-state index in [2.05, 4.69) is 62.4 Å². The largest absolute Gasteiger partial charge is 0.361 e. The van der Waals surface area contributed by atoms with Gasteiger partial charge in [0.2, 0.25) is 5.91 Å². The summed E-state index contributed by atoms with van der Waals surface area (Å²) in [5.41, 5.74) is 4.42. The van der Waals surface area contributed by atoms with Crippen LogP contribution in [-0.4, -0.2) is 11.1 Å². The summed E-state index contributed by atoms with van der Waals surface area (Å²) in [7, 11) is 0. The van der Waals surface area contributed by atoms with E-state index in [0.717, 1.165) is 29.0 Å². The lowest BCUT2D eigenvalue weighted by Crippen LogP contribution is -2.32. The van der Waals surface area contributed by atoms with Gasteiger partial charge in [-0.05, 0) is 49.7 Å². The lowest BCUT2D eigenvalue weighted by Gasteiger charge is -2.23. The molecule has 0 aliphatic heterocycles. The smallest absolute Gasteiger partial charge is 0.220 e. The topological polar surface area (TPSA) is 55.1 Å². The molecule has 0 saturated carbocycles. The highest BCUT2D eigenvalue weighted by atomic mass is 16.5. The van der Waals surface area contributed by atoms with Crippen molar-refractivity contribution in [3.63, 3.8) is 0 Å². The van der Waals surface area contributed by atoms with E-state index in [9.17, 15) is 4.79 Å². The summed E-state index contributed by atoms with van der Waals surface area (Å²) in [4.78, 5) is 12.5. The van der Waals surface area contributed by atoms with E-state index < -0.39 is 0 Å². The van der Waals surface area contributed by atoms with Crippen molar-refractivity contribution in [3.05, 3.63) is 52.4 Å². The molecule has 4 nitrogen and oxygen atoms in total. The maximum Gasteiger partial charge on any atom is 0.220 e. The van der Waals surface area contributed by atoms with Crippen LogP contribution in [0.3, 0.4) is 0 Å². The van der Waals surface area contributed by atoms with Gasteiger partial charge in [0, 0.05) is 12.0 Å². The lowest BCUT2D eigenvalue weighted by atomic mass is 9.93. The predicted octanol–water partition coefficient (Wildman–Crippen LogP) is 4.94. The molecule has 0 aliphatic rings. The number of nitrogens with zero attached hydrogens (tertiary/aromatic N) is 1. The average Bonchev–Trinajstić information content (AvgIpc) is 2.89. The number of aromatic nitrogens is 1. The number of nitrogens with one attached hydrogen (secondary N) is 1. The zero-order valence-electron chi connectivity index (χ0n) is 16.9. The van der Waals surface area contributed by atoms with Gasteiger partial charge in [-0.15, -0.1) is 0 Å². The fraction of sp³-hybridized carbons (Fsp3) is 0.545. The van der Waals surface area contributed by atoms with Crippen LogP contribution in [-0.2, 0) is 17.6 Å². The second-order valence-corrected chi connectivity index (χ2v) is 7.93. The fourth-order valence-electron chi connectivity index (χ4n) is 3.31. The van der Waals surface area contributed by atoms with Crippen molar-refractivity contribution in [1.29, 1.82) is 0 Å². The van der Waals surface area contributed by atoms with Gasteiger partial charge >= 0.3 is 0 Å². The third-order valence-electron chi connectivity index (χ3n) is 4.75. The van der Waals surface area contributed by atoms with Crippen LogP contribution in [0.25, 0.3) is 0 Å². The van der Waals surface area contributed by atoms with Gasteiger partial charge in [0.05, 0.1) is 11.7 Å². The van der Waals surface area contributed by atoms with Crippen molar-refractivity contribution in [3.8, 4) is 0 Å². The molecule has 0 bridgehead atoms. The van der Waals surface area contributed by atoms with Crippen molar-refractivity contribution in [1.82, 2.24) is 10.5 Å². The third kappa shape index (κ3) is 5.45. The Hall–Kier alpha value is -2.10. The first-order valence-electron chi connectivity index (χ1n) is 9.57. The Bertz CT molecular complexity index is 695. The summed E-state index contributed by atoms with van der Waals surface area (Å²) >= 11 is 0. The molecule has 0 radical (unpaired) electrons. The van der Waals surface area contributed by atoms with Crippen LogP contribution < -0.4 is 5.32 Å². The van der Waals surface area contributed by atoms with Crippen LogP contribution in [0, 0.1) is 25.7 Å². The van der Waals surface area contributed by atoms with Crippen LogP contribution in [0.1, 0.15) is 68.3 Å². The van der Waals surface area contributed by atoms with Gasteiger partial charge in [-0.25, -0.2) is 0 Å². The third-order valence-corrected chi connectivity index (χ3v) is 4.75. The normalized spacial score (nSPS) is 12.6. The molecule has 1 unspecified atom stereocenters. The summed E-state index contributed by atoms with van der Waals surface area (Å²) in [6.45, 7) is 12.5. The summed E-state index contributed by atoms with van der Waals surface area (Å²) in [6, 6.07) is 8.69. The van der Waals surface area contributed by atoms with Gasteiger partial charge in [-0.3, -0.25) is 4.79 Å². The van der Waals surface area contributed by atoms with Crippen LogP contribution in [0.15, 0.2) is 28.8 Å². The summed E-state index contributed by atoms with van der Waals surface area (Å²) < 4.78 is 5.17. The number of rotatable bonds is 8. The van der Waals surface area contributed by atoms with Gasteiger partial charge in [-0.2, -0.15) is 0 Å². The SMILES string of the molecule is Cc1noc(C)c1CCC(=O)NC(c1ccc(CC(C)C)cc1)C(C)C. The van der Waals surface area contributed by atoms with Crippen molar-refractivity contribution < 1.29 is 9.32 Å². The van der Waals surface area contributed by atoms with Crippen LogP contribution in [0.4, 0.5) is 0 Å². The molecule has 0 saturated heterocycles. The molecule has 1 aromatic carbocycles. The molecule has 1 amide bonds. The Morgan fingerprint density at radius 1 is 1.12 bits per heavy atom. The molecule has 2 rings (SSSR count). The van der Waals surface area contributed by atoms with Crippen molar-refractivity contribution in [2.45, 2.75) is 66.8 Å². The molecule has 1 heterocycles. The molecule has 4 heteroatoms. The highest BCUT2D eigenvalue weighted by molar-refractivity contribution is 5.76. The van der Waals surface area contributed by atoms with E-state index in [1.165, 1.54) is 5.56 Å². The molecular formula is C22H32N2O2. The van der Waals surface area contributed by atoms with Crippen LogP contribution in [0.5, 0.6) is 0 Å². The molecule has 2 aromatic rings. The zero-order valence-corrected chi connectivity index (χ0v) is 16.9. The number of amides is 1. The molecule has 1 atom stereocenters. The minimum Gasteiger partial charge on any atom is -0.361 e. The fourth-order valence-corrected chi connectivity index (χ4v) is 3.31. The van der Waals surface area contributed by atoms with Gasteiger partial charge < -0.3 is 9.84 Å². The van der Waals surface area contributed by atoms with E-state index >= 15 is 0 Å². The van der Waals surface area contributed by atoms with Crippen molar-refractivity contribution in [2.75, 3.05) is 0 Å². The van der Waals surface area contributed by atoms with E-state index in [0.29, 0.717) is 24.7 Å². The average molecular weight is 357 g/mol. The minimum atomic E-state index is 0.0280. The second kappa shape index (κ2) is 9.02. The summed E-state index contributed by atoms with van der Waals surface area (Å²) in [6.07, 6.45) is 2.18. The maximum absolute atomic E-state index is 12.5. The number of carbonyl (C=O) groups excluding carboxylic acids is 1. The molecule has 26 heavy (non-hydrogen) atoms. The van der Waals surface area contributed by atoms with E-state index in [-0.39, 0.29) is 11.9 Å². The predicted molar refractivity (Wildman–Crippen MR) is 105 cm³/mol.